The fourth-order valence-corrected chi connectivity index (χ4v) is 1.45. The van der Waals surface area contributed by atoms with Crippen molar-refractivity contribution in [2.45, 2.75) is 12.3 Å². The van der Waals surface area contributed by atoms with Crippen LogP contribution in [0.5, 0.6) is 0 Å². The summed E-state index contributed by atoms with van der Waals surface area (Å²) in [5.74, 6) is -2.87. The minimum absolute atomic E-state index is 0.380. The Morgan fingerprint density at radius 3 is 2.93 bits per heavy atom. The summed E-state index contributed by atoms with van der Waals surface area (Å²) in [6, 6.07) is 5.36. The molecule has 0 amide bonds. The van der Waals surface area contributed by atoms with Crippen LogP contribution < -0.4 is 5.73 Å². The van der Waals surface area contributed by atoms with Crippen molar-refractivity contribution < 1.29 is 8.78 Å². The minimum atomic E-state index is -2.87. The van der Waals surface area contributed by atoms with Gasteiger partial charge in [0.2, 0.25) is 0 Å². The molecule has 0 unspecified atom stereocenters. The van der Waals surface area contributed by atoms with Crippen molar-refractivity contribution in [2.75, 3.05) is 6.54 Å². The van der Waals surface area contributed by atoms with E-state index in [9.17, 15) is 8.78 Å². The molecule has 80 valence electrons. The lowest BCUT2D eigenvalue weighted by Gasteiger charge is -2.12. The Morgan fingerprint density at radius 1 is 1.40 bits per heavy atom. The molecule has 0 saturated heterocycles. The molecule has 0 atom stereocenters. The van der Waals surface area contributed by atoms with E-state index in [2.05, 4.69) is 4.98 Å². The van der Waals surface area contributed by atoms with Gasteiger partial charge in [0.25, 0.3) is 5.92 Å². The smallest absolute Gasteiger partial charge is 0.265 e. The highest BCUT2D eigenvalue weighted by molar-refractivity contribution is 5.39. The molecular formula is C10H11F2N3. The van der Waals surface area contributed by atoms with Crippen LogP contribution in [0.4, 0.5) is 8.78 Å². The van der Waals surface area contributed by atoms with Gasteiger partial charge in [-0.25, -0.2) is 13.8 Å². The topological polar surface area (TPSA) is 43.3 Å². The lowest BCUT2D eigenvalue weighted by Crippen LogP contribution is -2.30. The van der Waals surface area contributed by atoms with E-state index < -0.39 is 12.5 Å². The fraction of sp³-hybridized carbons (Fsp3) is 0.300. The molecule has 0 aliphatic heterocycles. The molecule has 0 aliphatic carbocycles. The van der Waals surface area contributed by atoms with E-state index in [-0.39, 0.29) is 6.42 Å². The number of alkyl halides is 2. The van der Waals surface area contributed by atoms with E-state index in [1.165, 1.54) is 6.20 Å². The number of rotatable bonds is 3. The van der Waals surface area contributed by atoms with Gasteiger partial charge in [0.15, 0.2) is 0 Å². The lowest BCUT2D eigenvalue weighted by molar-refractivity contribution is 0.0104. The van der Waals surface area contributed by atoms with Gasteiger partial charge in [0.1, 0.15) is 5.65 Å². The second-order valence-electron chi connectivity index (χ2n) is 3.42. The quantitative estimate of drug-likeness (QED) is 0.835. The number of pyridine rings is 1. The SMILES string of the molecule is NCC(F)(F)Cc1cnc2ccccn12. The Balaban J connectivity index is 2.37. The van der Waals surface area contributed by atoms with Gasteiger partial charge in [-0.2, -0.15) is 0 Å². The first-order valence-corrected chi connectivity index (χ1v) is 4.61. The second-order valence-corrected chi connectivity index (χ2v) is 3.42. The standard InChI is InChI=1S/C10H11F2N3/c11-10(12,7-13)5-8-6-14-9-3-1-2-4-15(8)9/h1-4,6H,5,7,13H2. The Labute approximate surface area is 85.5 Å². The number of imidazole rings is 1. The van der Waals surface area contributed by atoms with Gasteiger partial charge in [0, 0.05) is 18.1 Å². The summed E-state index contributed by atoms with van der Waals surface area (Å²) >= 11 is 0. The Kier molecular flexibility index (Phi) is 2.40. The number of nitrogens with zero attached hydrogens (tertiary/aromatic N) is 2. The van der Waals surface area contributed by atoms with Crippen molar-refractivity contribution in [3.63, 3.8) is 0 Å². The summed E-state index contributed by atoms with van der Waals surface area (Å²) in [5, 5.41) is 0. The highest BCUT2D eigenvalue weighted by Crippen LogP contribution is 2.19. The number of hydrogen-bond donors (Lipinski definition) is 1. The number of hydrogen-bond acceptors (Lipinski definition) is 2. The first-order valence-electron chi connectivity index (χ1n) is 4.61. The van der Waals surface area contributed by atoms with Crippen LogP contribution in [0, 0.1) is 0 Å². The van der Waals surface area contributed by atoms with Crippen molar-refractivity contribution in [3.05, 3.63) is 36.3 Å². The molecule has 2 aromatic heterocycles. The Morgan fingerprint density at radius 2 is 2.20 bits per heavy atom. The fourth-order valence-electron chi connectivity index (χ4n) is 1.45. The molecule has 3 nitrogen and oxygen atoms in total. The highest BCUT2D eigenvalue weighted by atomic mass is 19.3. The molecule has 0 aliphatic rings. The molecule has 2 aromatic rings. The van der Waals surface area contributed by atoms with Gasteiger partial charge in [-0.3, -0.25) is 0 Å². The van der Waals surface area contributed by atoms with E-state index in [1.54, 1.807) is 22.7 Å². The van der Waals surface area contributed by atoms with Gasteiger partial charge in [0.05, 0.1) is 13.0 Å². The summed E-state index contributed by atoms with van der Waals surface area (Å²) in [5.41, 5.74) is 6.13. The van der Waals surface area contributed by atoms with Crippen LogP contribution >= 0.6 is 0 Å². The number of fused-ring (bicyclic) bond motifs is 1. The van der Waals surface area contributed by atoms with Gasteiger partial charge in [-0.15, -0.1) is 0 Å². The summed E-state index contributed by atoms with van der Waals surface area (Å²) in [6.45, 7) is -0.646. The normalized spacial score (nSPS) is 12.2. The average Bonchev–Trinajstić information content (AvgIpc) is 2.62. The molecule has 0 radical (unpaired) electrons. The molecule has 0 bridgehead atoms. The van der Waals surface area contributed by atoms with Crippen LogP contribution in [0.1, 0.15) is 5.69 Å². The van der Waals surface area contributed by atoms with Crippen LogP contribution in [0.15, 0.2) is 30.6 Å². The zero-order chi connectivity index (χ0) is 10.9. The number of aromatic nitrogens is 2. The molecular weight excluding hydrogens is 200 g/mol. The van der Waals surface area contributed by atoms with E-state index in [1.807, 2.05) is 6.07 Å². The maximum absolute atomic E-state index is 13.1. The minimum Gasteiger partial charge on any atom is -0.325 e. The van der Waals surface area contributed by atoms with Gasteiger partial charge in [-0.05, 0) is 12.1 Å². The predicted molar refractivity (Wildman–Crippen MR) is 52.9 cm³/mol. The maximum Gasteiger partial charge on any atom is 0.265 e. The molecule has 0 fully saturated rings. The molecule has 2 rings (SSSR count). The number of halogens is 2. The monoisotopic (exact) mass is 211 g/mol. The first kappa shape index (κ1) is 10.0. The third kappa shape index (κ3) is 1.97. The Bertz CT molecular complexity index is 464. The lowest BCUT2D eigenvalue weighted by atomic mass is 10.2. The van der Waals surface area contributed by atoms with Crippen LogP contribution in [0.25, 0.3) is 5.65 Å². The molecule has 0 spiro atoms. The van der Waals surface area contributed by atoms with Crippen molar-refractivity contribution in [1.82, 2.24) is 9.38 Å². The van der Waals surface area contributed by atoms with Crippen molar-refractivity contribution in [1.29, 1.82) is 0 Å². The molecule has 15 heavy (non-hydrogen) atoms. The average molecular weight is 211 g/mol. The largest absolute Gasteiger partial charge is 0.325 e. The summed E-state index contributed by atoms with van der Waals surface area (Å²) < 4.78 is 27.8. The van der Waals surface area contributed by atoms with Crippen LogP contribution in [0.2, 0.25) is 0 Å². The molecule has 0 saturated carbocycles. The van der Waals surface area contributed by atoms with Crippen molar-refractivity contribution >= 4 is 5.65 Å². The number of nitrogens with two attached hydrogens (primary N) is 1. The van der Waals surface area contributed by atoms with Gasteiger partial charge < -0.3 is 10.1 Å². The first-order chi connectivity index (χ1) is 7.12. The van der Waals surface area contributed by atoms with E-state index in [4.69, 9.17) is 5.73 Å². The molecule has 0 aromatic carbocycles. The maximum atomic E-state index is 13.1. The summed E-state index contributed by atoms with van der Waals surface area (Å²) in [7, 11) is 0. The van der Waals surface area contributed by atoms with Crippen molar-refractivity contribution in [2.24, 2.45) is 5.73 Å². The third-order valence-electron chi connectivity index (χ3n) is 2.23. The zero-order valence-electron chi connectivity index (χ0n) is 8.03. The third-order valence-corrected chi connectivity index (χ3v) is 2.23. The molecule has 5 heteroatoms. The van der Waals surface area contributed by atoms with E-state index in [0.29, 0.717) is 11.3 Å². The molecule has 2 heterocycles. The summed E-state index contributed by atoms with van der Waals surface area (Å²) in [6.07, 6.45) is 2.79. The van der Waals surface area contributed by atoms with Crippen LogP contribution in [-0.4, -0.2) is 21.9 Å². The second kappa shape index (κ2) is 3.58. The van der Waals surface area contributed by atoms with Gasteiger partial charge >= 0.3 is 0 Å². The van der Waals surface area contributed by atoms with Crippen molar-refractivity contribution in [3.8, 4) is 0 Å². The van der Waals surface area contributed by atoms with Gasteiger partial charge in [-0.1, -0.05) is 6.07 Å². The zero-order valence-corrected chi connectivity index (χ0v) is 8.03. The van der Waals surface area contributed by atoms with E-state index >= 15 is 0 Å². The van der Waals surface area contributed by atoms with Crippen LogP contribution in [0.3, 0.4) is 0 Å². The molecule has 2 N–H and O–H groups in total. The predicted octanol–water partition coefficient (Wildman–Crippen LogP) is 1.47. The van der Waals surface area contributed by atoms with E-state index in [0.717, 1.165) is 0 Å². The van der Waals surface area contributed by atoms with Crippen LogP contribution in [-0.2, 0) is 6.42 Å². The highest BCUT2D eigenvalue weighted by Gasteiger charge is 2.28. The Hall–Kier alpha value is -1.49. The summed E-state index contributed by atoms with van der Waals surface area (Å²) in [4.78, 5) is 4.03.